The van der Waals surface area contributed by atoms with Crippen LogP contribution >= 0.6 is 23.3 Å². The van der Waals surface area contributed by atoms with Crippen molar-refractivity contribution in [2.24, 2.45) is 21.6 Å². The van der Waals surface area contributed by atoms with Crippen molar-refractivity contribution in [2.75, 3.05) is 31.3 Å². The first-order chi connectivity index (χ1) is 28.3. The Morgan fingerprint density at radius 3 is 2.60 bits per heavy atom. The number of aryl methyl sites for hydroxylation is 1. The van der Waals surface area contributed by atoms with Gasteiger partial charge in [-0.15, -0.1) is 11.8 Å². The van der Waals surface area contributed by atoms with E-state index in [0.29, 0.717) is 47.8 Å². The minimum atomic E-state index is -1.05. The van der Waals surface area contributed by atoms with Gasteiger partial charge in [0.1, 0.15) is 53.7 Å². The normalized spacial score (nSPS) is 16.2. The zero-order valence-electron chi connectivity index (χ0n) is 33.4. The second-order valence-electron chi connectivity index (χ2n) is 14.1. The number of esters is 1. The number of fused-ring (bicyclic) bond motifs is 2. The molecule has 6 N–H and O–H groups in total. The summed E-state index contributed by atoms with van der Waals surface area (Å²) in [6.07, 6.45) is 3.51. The van der Waals surface area contributed by atoms with Crippen LogP contribution in [0.2, 0.25) is 0 Å². The number of thioether (sulfide) groups is 1. The number of nitrogens with one attached hydrogen (secondary N) is 2. The molecular weight excluding hydrogens is 885 g/mol. The molecule has 0 radical (unpaired) electrons. The smallest absolute Gasteiger partial charge is 0.414 e. The van der Waals surface area contributed by atoms with E-state index < -0.39 is 40.9 Å². The summed E-state index contributed by atoms with van der Waals surface area (Å²) in [5, 5.41) is 8.52. The minimum absolute atomic E-state index is 0. The summed E-state index contributed by atoms with van der Waals surface area (Å²) in [6.45, 7) is 8.18. The van der Waals surface area contributed by atoms with Crippen LogP contribution in [0.15, 0.2) is 70.3 Å². The Kier molecular flexibility index (Phi) is 15.1. The molecule has 1 fully saturated rings. The van der Waals surface area contributed by atoms with Crippen molar-refractivity contribution in [1.29, 1.82) is 0 Å². The van der Waals surface area contributed by atoms with Crippen molar-refractivity contribution in [3.63, 3.8) is 0 Å². The zero-order valence-corrected chi connectivity index (χ0v) is 36.6. The van der Waals surface area contributed by atoms with Crippen LogP contribution in [0.3, 0.4) is 0 Å². The fourth-order valence-electron chi connectivity index (χ4n) is 6.06. The van der Waals surface area contributed by atoms with E-state index in [2.05, 4.69) is 35.1 Å². The second kappa shape index (κ2) is 20.0. The third kappa shape index (κ3) is 10.9. The molecule has 2 aliphatic heterocycles. The molecule has 0 saturated carbocycles. The van der Waals surface area contributed by atoms with Crippen molar-refractivity contribution in [1.82, 2.24) is 29.1 Å². The molecule has 0 spiro atoms. The molecule has 2 atom stereocenters. The molecule has 2 unspecified atom stereocenters. The number of imidazole rings is 1. The van der Waals surface area contributed by atoms with Gasteiger partial charge in [-0.1, -0.05) is 17.3 Å². The number of halogens is 1. The number of amides is 3. The monoisotopic (exact) mass is 928 g/mol. The maximum Gasteiger partial charge on any atom is 0.414 e. The van der Waals surface area contributed by atoms with Gasteiger partial charge in [0.15, 0.2) is 5.96 Å². The fourth-order valence-corrected chi connectivity index (χ4v) is 7.95. The Balaban J connectivity index is 0.00000683. The first-order valence-corrected chi connectivity index (χ1v) is 20.3. The number of aromatic nitrogens is 5. The number of methoxy groups -OCH3 is 1. The van der Waals surface area contributed by atoms with Crippen LogP contribution in [0.25, 0.3) is 11.2 Å². The number of rotatable bonds is 16. The highest BCUT2D eigenvalue weighted by molar-refractivity contribution is 8.00. The van der Waals surface area contributed by atoms with Crippen LogP contribution < -0.4 is 48.4 Å². The Labute approximate surface area is 363 Å². The van der Waals surface area contributed by atoms with Gasteiger partial charge in [0, 0.05) is 35.9 Å². The summed E-state index contributed by atoms with van der Waals surface area (Å²) >= 11 is 2.18. The van der Waals surface area contributed by atoms with Gasteiger partial charge in [0.25, 0.3) is 11.8 Å². The van der Waals surface area contributed by atoms with Gasteiger partial charge in [-0.05, 0) is 68.9 Å². The van der Waals surface area contributed by atoms with Crippen molar-refractivity contribution in [3.05, 3.63) is 71.6 Å². The lowest BCUT2D eigenvalue weighted by Crippen LogP contribution is -3.00. The number of pyridine rings is 1. The highest BCUT2D eigenvalue weighted by atomic mass is 79.9. The third-order valence-corrected chi connectivity index (χ3v) is 10.6. The molecule has 60 heavy (non-hydrogen) atoms. The average molecular weight is 930 g/mol. The fraction of sp³-hybridized carbons (Fsp3) is 0.405. The molecule has 320 valence electrons. The number of oxime groups is 1. The number of nitrogens with zero attached hydrogens (tertiary/aromatic N) is 8. The number of nitrogens with two attached hydrogens (primary N) is 2. The van der Waals surface area contributed by atoms with Crippen LogP contribution in [0.4, 0.5) is 9.93 Å². The van der Waals surface area contributed by atoms with Crippen LogP contribution in [0, 0.1) is 0 Å². The summed E-state index contributed by atoms with van der Waals surface area (Å²) < 4.78 is 24.4. The number of carbonyl (C=O) groups excluding carboxylic acids is 4. The van der Waals surface area contributed by atoms with E-state index in [4.69, 9.17) is 30.5 Å². The highest BCUT2D eigenvalue weighted by Crippen LogP contribution is 2.41. The van der Waals surface area contributed by atoms with E-state index in [0.717, 1.165) is 17.0 Å². The standard InChI is InChI=1S/C37H44N12O8S2.BrH/c1-6-56-45-25(28-43-35(59-46-28)44-36(53)57-37(2,3)4)30(50)42-26-31(51)49-27(33(52)55-18-21-10-12-23(54-5)13-11-21)22(19-58-32(26)49)17-47-15-7-9-24-29(47)41-20-48(24)16-8-14-40-34(38)39;/h7,9-13,15,20,26,32H,6,8,14,16-19H2,1-5H3,(H5-,38,39,40,42,43,44,46,50,53);1H/b45-25-;. The van der Waals surface area contributed by atoms with Crippen molar-refractivity contribution >= 4 is 75.1 Å². The van der Waals surface area contributed by atoms with Gasteiger partial charge in [0.05, 0.1) is 13.3 Å². The number of hydrogen-bond donors (Lipinski definition) is 4. The predicted molar refractivity (Wildman–Crippen MR) is 218 cm³/mol. The molecule has 1 aromatic carbocycles. The first-order valence-electron chi connectivity index (χ1n) is 18.5. The van der Waals surface area contributed by atoms with Gasteiger partial charge in [0.2, 0.25) is 23.0 Å². The molecule has 4 aromatic rings. The summed E-state index contributed by atoms with van der Waals surface area (Å²) in [7, 11) is 1.56. The molecule has 5 heterocycles. The number of ether oxygens (including phenoxy) is 3. The van der Waals surface area contributed by atoms with E-state index >= 15 is 0 Å². The molecule has 3 aromatic heterocycles. The Morgan fingerprint density at radius 1 is 1.13 bits per heavy atom. The second-order valence-corrected chi connectivity index (χ2v) is 15.9. The topological polar surface area (TPSA) is 257 Å². The van der Waals surface area contributed by atoms with Crippen molar-refractivity contribution < 1.29 is 59.8 Å². The molecule has 20 nitrogen and oxygen atoms in total. The summed E-state index contributed by atoms with van der Waals surface area (Å²) in [6, 6.07) is 9.85. The molecule has 6 rings (SSSR count). The number of carbonyl (C=O) groups is 4. The lowest BCUT2D eigenvalue weighted by Gasteiger charge is -2.49. The average Bonchev–Trinajstić information content (AvgIpc) is 3.84. The van der Waals surface area contributed by atoms with Gasteiger partial charge in [-0.2, -0.15) is 9.36 Å². The third-order valence-electron chi connectivity index (χ3n) is 8.66. The number of guanidine groups is 1. The van der Waals surface area contributed by atoms with Crippen molar-refractivity contribution in [2.45, 2.75) is 70.8 Å². The number of aliphatic imine (C=N–C) groups is 1. The Hall–Kier alpha value is -5.81. The number of β-lactam (4-membered cyclic amide) rings is 1. The SMILES string of the molecule is CCO/N=C(\C(=O)NC1C(=O)N2C(C(=O)OCc3ccc(OC)cc3)=C(C[n+]3cccc4c3ncn4CCCN=C(N)N)CSC12)c1nsc(NC(=O)OC(C)(C)C)n1.[Br-]. The largest absolute Gasteiger partial charge is 1.00 e. The molecule has 23 heteroatoms. The van der Waals surface area contributed by atoms with E-state index in [1.165, 1.54) is 16.7 Å². The van der Waals surface area contributed by atoms with Crippen LogP contribution in [-0.2, 0) is 48.4 Å². The summed E-state index contributed by atoms with van der Waals surface area (Å²) in [5.41, 5.74) is 12.8. The first kappa shape index (κ1) is 45.3. The van der Waals surface area contributed by atoms with E-state index in [1.807, 2.05) is 27.5 Å². The maximum atomic E-state index is 14.0. The Morgan fingerprint density at radius 2 is 1.90 bits per heavy atom. The lowest BCUT2D eigenvalue weighted by atomic mass is 10.0. The van der Waals surface area contributed by atoms with Gasteiger partial charge >= 0.3 is 17.7 Å². The van der Waals surface area contributed by atoms with E-state index in [-0.39, 0.29) is 65.1 Å². The summed E-state index contributed by atoms with van der Waals surface area (Å²) in [4.78, 5) is 73.6. The van der Waals surface area contributed by atoms with Gasteiger partial charge < -0.3 is 57.4 Å². The summed E-state index contributed by atoms with van der Waals surface area (Å²) in [5.74, 6) is -1.17. The van der Waals surface area contributed by atoms with Gasteiger partial charge in [-0.3, -0.25) is 24.8 Å². The number of benzene rings is 1. The number of anilines is 1. The van der Waals surface area contributed by atoms with E-state index in [1.54, 1.807) is 65.4 Å². The Bertz CT molecular complexity index is 2300. The van der Waals surface area contributed by atoms with Crippen LogP contribution in [-0.4, -0.2) is 102 Å². The lowest BCUT2D eigenvalue weighted by molar-refractivity contribution is -0.664. The molecule has 0 aliphatic carbocycles. The predicted octanol–water partition coefficient (Wildman–Crippen LogP) is -0.963. The zero-order chi connectivity index (χ0) is 42.3. The molecule has 2 aliphatic rings. The minimum Gasteiger partial charge on any atom is -1.00 e. The van der Waals surface area contributed by atoms with Crippen LogP contribution in [0.5, 0.6) is 5.75 Å². The van der Waals surface area contributed by atoms with E-state index in [9.17, 15) is 19.2 Å². The molecule has 1 saturated heterocycles. The molecule has 0 bridgehead atoms. The highest BCUT2D eigenvalue weighted by Gasteiger charge is 2.55. The quantitative estimate of drug-likeness (QED) is 0.0201. The maximum absolute atomic E-state index is 14.0. The molecular formula is C37H45BrN12O8S2. The van der Waals surface area contributed by atoms with Gasteiger partial charge in [-0.25, -0.2) is 14.2 Å². The molecule has 3 amide bonds. The van der Waals surface area contributed by atoms with Crippen molar-refractivity contribution in [3.8, 4) is 5.75 Å². The van der Waals surface area contributed by atoms with Crippen LogP contribution in [0.1, 0.15) is 45.5 Å². The number of hydrogen-bond acceptors (Lipinski definition) is 15.